The van der Waals surface area contributed by atoms with Crippen LogP contribution in [-0.2, 0) is 5.54 Å². The molecule has 4 rings (SSSR count). The maximum absolute atomic E-state index is 14.2. The van der Waals surface area contributed by atoms with Crippen LogP contribution < -0.4 is 20.1 Å². The Balaban J connectivity index is 1.77. The Hall–Kier alpha value is -2.69. The molecule has 2 aliphatic heterocycles. The van der Waals surface area contributed by atoms with Crippen molar-refractivity contribution < 1.29 is 18.3 Å². The fraction of sp³-hybridized carbons (Fsp3) is 0.412. The Morgan fingerprint density at radius 2 is 1.93 bits per heavy atom. The Morgan fingerprint density at radius 1 is 1.21 bits per heavy atom. The molecule has 11 heteroatoms. The van der Waals surface area contributed by atoms with Gasteiger partial charge in [-0.2, -0.15) is 14.4 Å². The summed E-state index contributed by atoms with van der Waals surface area (Å²) in [5.74, 6) is -0.604. The van der Waals surface area contributed by atoms with Crippen molar-refractivity contribution in [3.8, 4) is 11.8 Å². The average molecular weight is 408 g/mol. The Labute approximate surface area is 164 Å². The van der Waals surface area contributed by atoms with E-state index in [1.807, 2.05) is 4.90 Å². The van der Waals surface area contributed by atoms with Gasteiger partial charge in [0.1, 0.15) is 11.4 Å². The zero-order chi connectivity index (χ0) is 19.9. The fourth-order valence-corrected chi connectivity index (χ4v) is 4.55. The molecule has 2 aromatic heterocycles. The van der Waals surface area contributed by atoms with Gasteiger partial charge >= 0.3 is 0 Å². The number of hydrogen-bond donors (Lipinski definition) is 1. The van der Waals surface area contributed by atoms with Crippen LogP contribution in [-0.4, -0.2) is 53.2 Å². The van der Waals surface area contributed by atoms with Crippen LogP contribution in [0, 0.1) is 17.6 Å². The zero-order valence-electron chi connectivity index (χ0n) is 15.2. The summed E-state index contributed by atoms with van der Waals surface area (Å²) >= 11 is 1.45. The molecule has 2 aliphatic rings. The largest absolute Gasteiger partial charge is 0.479 e. The highest BCUT2D eigenvalue weighted by molar-refractivity contribution is 8.13. The summed E-state index contributed by atoms with van der Waals surface area (Å²) in [6.45, 7) is 0.899. The van der Waals surface area contributed by atoms with Gasteiger partial charge in [-0.25, -0.2) is 9.38 Å². The van der Waals surface area contributed by atoms with E-state index in [1.165, 1.54) is 32.0 Å². The number of thioether (sulfide) groups is 1. The molecule has 8 nitrogen and oxygen atoms in total. The smallest absolute Gasteiger partial charge is 0.259 e. The third kappa shape index (κ3) is 2.99. The third-order valence-corrected chi connectivity index (χ3v) is 5.87. The summed E-state index contributed by atoms with van der Waals surface area (Å²) in [5.41, 5.74) is 5.86. The lowest BCUT2D eigenvalue weighted by Crippen LogP contribution is -2.40. The molecule has 2 atom stereocenters. The van der Waals surface area contributed by atoms with Crippen molar-refractivity contribution in [3.63, 3.8) is 0 Å². The van der Waals surface area contributed by atoms with Crippen LogP contribution in [0.1, 0.15) is 5.69 Å². The number of nitrogens with zero attached hydrogens (tertiary/aromatic N) is 5. The molecule has 0 radical (unpaired) electrons. The van der Waals surface area contributed by atoms with Crippen LogP contribution in [0.4, 0.5) is 14.7 Å². The summed E-state index contributed by atoms with van der Waals surface area (Å²) in [7, 11) is 2.65. The first kappa shape index (κ1) is 18.7. The number of fused-ring (bicyclic) bond motifs is 1. The summed E-state index contributed by atoms with van der Waals surface area (Å²) in [6, 6.07) is 2.97. The van der Waals surface area contributed by atoms with Gasteiger partial charge in [-0.05, 0) is 12.1 Å². The molecule has 0 aromatic carbocycles. The number of pyridine rings is 1. The molecular formula is C17H18F2N6O2S. The summed E-state index contributed by atoms with van der Waals surface area (Å²) < 4.78 is 37.6. The summed E-state index contributed by atoms with van der Waals surface area (Å²) in [6.07, 6.45) is 1.16. The summed E-state index contributed by atoms with van der Waals surface area (Å²) in [5, 5.41) is 0.444. The number of amidine groups is 1. The first-order chi connectivity index (χ1) is 13.5. The number of aromatic nitrogens is 3. The van der Waals surface area contributed by atoms with E-state index in [0.717, 1.165) is 6.20 Å². The Bertz CT molecular complexity index is 903. The number of aliphatic imine (C=N–C) groups is 1. The van der Waals surface area contributed by atoms with Gasteiger partial charge in [0.2, 0.25) is 11.8 Å². The molecule has 148 valence electrons. The van der Waals surface area contributed by atoms with Crippen LogP contribution in [0.5, 0.6) is 11.8 Å². The highest BCUT2D eigenvalue weighted by atomic mass is 32.2. The zero-order valence-corrected chi connectivity index (χ0v) is 16.0. The second-order valence-electron chi connectivity index (χ2n) is 6.48. The van der Waals surface area contributed by atoms with E-state index in [4.69, 9.17) is 20.2 Å². The van der Waals surface area contributed by atoms with Crippen molar-refractivity contribution in [2.45, 2.75) is 5.54 Å². The van der Waals surface area contributed by atoms with Gasteiger partial charge in [-0.3, -0.25) is 4.98 Å². The summed E-state index contributed by atoms with van der Waals surface area (Å²) in [4.78, 5) is 19.1. The minimum absolute atomic E-state index is 0.0356. The van der Waals surface area contributed by atoms with Gasteiger partial charge in [-0.1, -0.05) is 11.8 Å². The highest BCUT2D eigenvalue weighted by Crippen LogP contribution is 2.45. The predicted octanol–water partition coefficient (Wildman–Crippen LogP) is 1.56. The van der Waals surface area contributed by atoms with E-state index in [9.17, 15) is 8.78 Å². The quantitative estimate of drug-likeness (QED) is 0.814. The van der Waals surface area contributed by atoms with Gasteiger partial charge in [0.15, 0.2) is 5.17 Å². The van der Waals surface area contributed by atoms with E-state index < -0.39 is 17.2 Å². The first-order valence-corrected chi connectivity index (χ1v) is 9.46. The number of methoxy groups -OCH3 is 2. The minimum atomic E-state index is -0.766. The van der Waals surface area contributed by atoms with Crippen molar-refractivity contribution in [1.29, 1.82) is 0 Å². The number of ether oxygens (including phenoxy) is 2. The topological polar surface area (TPSA) is 98.8 Å². The van der Waals surface area contributed by atoms with Gasteiger partial charge in [0.25, 0.3) is 11.8 Å². The van der Waals surface area contributed by atoms with Crippen molar-refractivity contribution in [3.05, 3.63) is 35.7 Å². The number of halogens is 2. The predicted molar refractivity (Wildman–Crippen MR) is 101 cm³/mol. The van der Waals surface area contributed by atoms with E-state index in [-0.39, 0.29) is 23.6 Å². The van der Waals surface area contributed by atoms with E-state index in [2.05, 4.69) is 15.0 Å². The molecule has 1 saturated heterocycles. The second-order valence-corrected chi connectivity index (χ2v) is 7.52. The third-order valence-electron chi connectivity index (χ3n) is 4.91. The maximum Gasteiger partial charge on any atom is 0.259 e. The second kappa shape index (κ2) is 7.04. The molecule has 0 bridgehead atoms. The molecule has 1 fully saturated rings. The molecule has 2 aromatic rings. The molecule has 4 heterocycles. The van der Waals surface area contributed by atoms with Crippen LogP contribution in [0.3, 0.4) is 0 Å². The van der Waals surface area contributed by atoms with E-state index in [1.54, 1.807) is 6.07 Å². The van der Waals surface area contributed by atoms with Crippen molar-refractivity contribution in [2.75, 3.05) is 38.0 Å². The molecule has 0 saturated carbocycles. The Kier molecular flexibility index (Phi) is 4.69. The normalized spacial score (nSPS) is 23.9. The fourth-order valence-electron chi connectivity index (χ4n) is 3.57. The monoisotopic (exact) mass is 408 g/mol. The average Bonchev–Trinajstić information content (AvgIpc) is 3.08. The minimum Gasteiger partial charge on any atom is -0.479 e. The highest BCUT2D eigenvalue weighted by Gasteiger charge is 2.52. The van der Waals surface area contributed by atoms with Crippen molar-refractivity contribution in [1.82, 2.24) is 15.0 Å². The lowest BCUT2D eigenvalue weighted by Gasteiger charge is -2.33. The number of rotatable bonds is 4. The van der Waals surface area contributed by atoms with Crippen LogP contribution in [0.2, 0.25) is 0 Å². The molecule has 0 spiro atoms. The van der Waals surface area contributed by atoms with Crippen molar-refractivity contribution >= 4 is 22.9 Å². The van der Waals surface area contributed by atoms with Crippen LogP contribution in [0.15, 0.2) is 23.3 Å². The molecule has 0 unspecified atom stereocenters. The van der Waals surface area contributed by atoms with E-state index >= 15 is 0 Å². The number of nitrogens with two attached hydrogens (primary N) is 1. The number of anilines is 1. The van der Waals surface area contributed by atoms with Gasteiger partial charge in [0, 0.05) is 18.2 Å². The Morgan fingerprint density at radius 3 is 2.54 bits per heavy atom. The van der Waals surface area contributed by atoms with Gasteiger partial charge in [-0.15, -0.1) is 0 Å². The molecule has 28 heavy (non-hydrogen) atoms. The lowest BCUT2D eigenvalue weighted by molar-refractivity contribution is 0.327. The molecule has 2 N–H and O–H groups in total. The van der Waals surface area contributed by atoms with Crippen LogP contribution in [0.25, 0.3) is 0 Å². The van der Waals surface area contributed by atoms with Crippen molar-refractivity contribution in [2.24, 2.45) is 16.6 Å². The first-order valence-electron chi connectivity index (χ1n) is 8.47. The van der Waals surface area contributed by atoms with Crippen LogP contribution >= 0.6 is 11.8 Å². The standard InChI is InChI=1S/C17H18F2N6O2S/c1-26-13-12(19)14(27-2)23-16(22-13)25-6-9-7-28-15(20)24-17(9,8-25)11-4-3-10(18)5-21-11/h3-5,9H,6-8H2,1-2H3,(H2,20,24)/t9-,17-/m0/s1. The SMILES string of the molecule is COc1nc(N2C[C@H]3CSC(N)=N[C@@]3(c3ccc(F)cn3)C2)nc(OC)c1F. The molecule has 0 aliphatic carbocycles. The molecule has 0 amide bonds. The van der Waals surface area contributed by atoms with Gasteiger partial charge < -0.3 is 20.1 Å². The van der Waals surface area contributed by atoms with E-state index in [0.29, 0.717) is 29.7 Å². The molecular weight excluding hydrogens is 390 g/mol. The van der Waals surface area contributed by atoms with Gasteiger partial charge in [0.05, 0.1) is 32.7 Å². The lowest BCUT2D eigenvalue weighted by atomic mass is 9.85. The number of hydrogen-bond acceptors (Lipinski definition) is 9. The maximum atomic E-state index is 14.2.